The Kier molecular flexibility index (Phi) is 1.66. The van der Waals surface area contributed by atoms with Gasteiger partial charge < -0.3 is 5.11 Å². The van der Waals surface area contributed by atoms with Crippen molar-refractivity contribution in [1.82, 2.24) is 14.3 Å². The number of allylic oxidation sites excluding steroid dienone is 1. The van der Waals surface area contributed by atoms with Crippen molar-refractivity contribution in [3.05, 3.63) is 33.1 Å². The lowest BCUT2D eigenvalue weighted by atomic mass is 10.2. The monoisotopic (exact) mass is 197 g/mol. The van der Waals surface area contributed by atoms with Crippen LogP contribution >= 0.6 is 0 Å². The molecule has 0 fully saturated rings. The highest BCUT2D eigenvalue weighted by Crippen LogP contribution is 2.08. The number of carbonyl (C=O) groups is 1. The number of nitrogens with zero attached hydrogens (tertiary/aromatic N) is 2. The van der Waals surface area contributed by atoms with Gasteiger partial charge in [-0.2, -0.15) is 0 Å². The number of hydrogen-bond acceptors (Lipinski definition) is 3. The molecule has 0 aromatic carbocycles. The average molecular weight is 197 g/mol. The molecular formula is C7H7N3O4. The second-order valence-electron chi connectivity index (χ2n) is 2.87. The minimum atomic E-state index is -1.17. The maximum absolute atomic E-state index is 11.2. The van der Waals surface area contributed by atoms with Crippen LogP contribution in [0.15, 0.2) is 21.7 Å². The van der Waals surface area contributed by atoms with Crippen LogP contribution in [0.1, 0.15) is 6.04 Å². The summed E-state index contributed by atoms with van der Waals surface area (Å²) < 4.78 is 1.95. The van der Waals surface area contributed by atoms with Crippen LogP contribution in [0.5, 0.6) is 0 Å². The van der Waals surface area contributed by atoms with Gasteiger partial charge in [-0.15, -0.1) is 0 Å². The molecule has 74 valence electrons. The summed E-state index contributed by atoms with van der Waals surface area (Å²) in [4.78, 5) is 35.1. The van der Waals surface area contributed by atoms with Crippen molar-refractivity contribution in [2.24, 2.45) is 0 Å². The Morgan fingerprint density at radius 3 is 2.86 bits per heavy atom. The molecule has 0 aliphatic carbocycles. The molecule has 0 saturated carbocycles. The van der Waals surface area contributed by atoms with Gasteiger partial charge in [0.1, 0.15) is 0 Å². The number of aliphatic carboxylic acids is 1. The summed E-state index contributed by atoms with van der Waals surface area (Å²) in [5, 5.41) is 8.78. The second-order valence-corrected chi connectivity index (χ2v) is 2.87. The van der Waals surface area contributed by atoms with Gasteiger partial charge in [-0.25, -0.2) is 23.7 Å². The zero-order valence-electron chi connectivity index (χ0n) is 7.01. The lowest BCUT2D eigenvalue weighted by molar-refractivity contribution is -0.140. The van der Waals surface area contributed by atoms with Crippen LogP contribution in [-0.4, -0.2) is 25.4 Å². The van der Waals surface area contributed by atoms with Crippen molar-refractivity contribution in [3.8, 4) is 0 Å². The quantitative estimate of drug-likeness (QED) is 0.537. The molecule has 1 unspecified atom stereocenters. The standard InChI is InChI=1S/C7H7N3O4/c11-5(12)4-2-1-3-9-6(13)8-7(14)10(4)9/h1-2,4H,3H2,(H,11,12)(H,8,13,14). The predicted octanol–water partition coefficient (Wildman–Crippen LogP) is -1.47. The van der Waals surface area contributed by atoms with E-state index in [1.165, 1.54) is 12.2 Å². The number of carboxylic acids is 1. The van der Waals surface area contributed by atoms with Crippen molar-refractivity contribution in [1.29, 1.82) is 0 Å². The first-order valence-corrected chi connectivity index (χ1v) is 3.92. The Bertz CT molecular complexity index is 518. The van der Waals surface area contributed by atoms with Crippen LogP contribution in [0, 0.1) is 0 Å². The van der Waals surface area contributed by atoms with Crippen LogP contribution in [0.25, 0.3) is 0 Å². The first kappa shape index (κ1) is 8.54. The fourth-order valence-electron chi connectivity index (χ4n) is 1.43. The predicted molar refractivity (Wildman–Crippen MR) is 45.1 cm³/mol. The molecular weight excluding hydrogens is 190 g/mol. The van der Waals surface area contributed by atoms with Crippen LogP contribution in [-0.2, 0) is 11.3 Å². The fourth-order valence-corrected chi connectivity index (χ4v) is 1.43. The van der Waals surface area contributed by atoms with Crippen molar-refractivity contribution in [2.45, 2.75) is 12.6 Å². The number of nitrogens with one attached hydrogen (secondary N) is 1. The maximum Gasteiger partial charge on any atom is 0.345 e. The van der Waals surface area contributed by atoms with Gasteiger partial charge in [0.15, 0.2) is 6.04 Å². The van der Waals surface area contributed by atoms with Gasteiger partial charge in [0.2, 0.25) is 0 Å². The number of fused-ring (bicyclic) bond motifs is 1. The van der Waals surface area contributed by atoms with Gasteiger partial charge >= 0.3 is 17.3 Å². The zero-order chi connectivity index (χ0) is 10.3. The third-order valence-electron chi connectivity index (χ3n) is 2.03. The summed E-state index contributed by atoms with van der Waals surface area (Å²) in [7, 11) is 0. The molecule has 2 heterocycles. The van der Waals surface area contributed by atoms with Gasteiger partial charge in [0, 0.05) is 0 Å². The highest BCUT2D eigenvalue weighted by Gasteiger charge is 2.24. The molecule has 2 N–H and O–H groups in total. The Labute approximate surface area is 76.9 Å². The third-order valence-corrected chi connectivity index (χ3v) is 2.03. The van der Waals surface area contributed by atoms with E-state index in [2.05, 4.69) is 0 Å². The molecule has 2 rings (SSSR count). The molecule has 0 saturated heterocycles. The van der Waals surface area contributed by atoms with Gasteiger partial charge in [-0.1, -0.05) is 12.2 Å². The van der Waals surface area contributed by atoms with Crippen LogP contribution in [0.3, 0.4) is 0 Å². The van der Waals surface area contributed by atoms with E-state index >= 15 is 0 Å². The lowest BCUT2D eigenvalue weighted by Crippen LogP contribution is -2.35. The molecule has 1 aromatic heterocycles. The Balaban J connectivity index is 2.70. The summed E-state index contributed by atoms with van der Waals surface area (Å²) in [5.41, 5.74) is -1.29. The summed E-state index contributed by atoms with van der Waals surface area (Å²) in [6.45, 7) is 0.210. The van der Waals surface area contributed by atoms with Crippen molar-refractivity contribution >= 4 is 5.97 Å². The number of H-pyrrole nitrogens is 1. The molecule has 7 heteroatoms. The van der Waals surface area contributed by atoms with Gasteiger partial charge in [-0.3, -0.25) is 4.98 Å². The van der Waals surface area contributed by atoms with E-state index in [0.29, 0.717) is 0 Å². The van der Waals surface area contributed by atoms with Gasteiger partial charge in [-0.05, 0) is 0 Å². The molecule has 1 atom stereocenters. The van der Waals surface area contributed by atoms with Crippen LogP contribution in [0.2, 0.25) is 0 Å². The zero-order valence-corrected chi connectivity index (χ0v) is 7.01. The van der Waals surface area contributed by atoms with Gasteiger partial charge in [0.05, 0.1) is 6.54 Å². The number of aromatic nitrogens is 3. The van der Waals surface area contributed by atoms with E-state index in [1.807, 2.05) is 4.98 Å². The number of rotatable bonds is 1. The summed E-state index contributed by atoms with van der Waals surface area (Å²) in [6, 6.07) is -1.10. The first-order valence-electron chi connectivity index (χ1n) is 3.92. The van der Waals surface area contributed by atoms with Crippen molar-refractivity contribution in [2.75, 3.05) is 0 Å². The molecule has 14 heavy (non-hydrogen) atoms. The summed E-state index contributed by atoms with van der Waals surface area (Å²) >= 11 is 0. The minimum Gasteiger partial charge on any atom is -0.479 e. The molecule has 0 bridgehead atoms. The SMILES string of the molecule is O=C(O)C1C=CCn2c(=O)[nH]c(=O)n21. The van der Waals surface area contributed by atoms with E-state index in [9.17, 15) is 14.4 Å². The van der Waals surface area contributed by atoms with Crippen molar-refractivity contribution < 1.29 is 9.90 Å². The molecule has 0 radical (unpaired) electrons. The first-order chi connectivity index (χ1) is 6.61. The molecule has 0 amide bonds. The third kappa shape index (κ3) is 1.02. The van der Waals surface area contributed by atoms with E-state index in [0.717, 1.165) is 9.36 Å². The normalized spacial score (nSPS) is 19.3. The van der Waals surface area contributed by atoms with E-state index in [-0.39, 0.29) is 6.54 Å². The highest BCUT2D eigenvalue weighted by atomic mass is 16.4. The number of aromatic amines is 1. The van der Waals surface area contributed by atoms with E-state index in [1.54, 1.807) is 0 Å². The van der Waals surface area contributed by atoms with Crippen LogP contribution < -0.4 is 11.4 Å². The molecule has 1 aromatic rings. The molecule has 1 aliphatic rings. The Morgan fingerprint density at radius 1 is 1.50 bits per heavy atom. The minimum absolute atomic E-state index is 0.210. The molecule has 7 nitrogen and oxygen atoms in total. The Hall–Kier alpha value is -2.05. The van der Waals surface area contributed by atoms with Gasteiger partial charge in [0.25, 0.3) is 0 Å². The summed E-state index contributed by atoms with van der Waals surface area (Å²) in [5.74, 6) is -1.17. The van der Waals surface area contributed by atoms with E-state index < -0.39 is 23.4 Å². The largest absolute Gasteiger partial charge is 0.479 e. The highest BCUT2D eigenvalue weighted by molar-refractivity contribution is 5.74. The number of hydrogen-bond donors (Lipinski definition) is 2. The van der Waals surface area contributed by atoms with E-state index in [4.69, 9.17) is 5.11 Å². The second kappa shape index (κ2) is 2.72. The van der Waals surface area contributed by atoms with Crippen LogP contribution in [0.4, 0.5) is 0 Å². The number of carboxylic acid groups (broad SMARTS) is 1. The van der Waals surface area contributed by atoms with Crippen molar-refractivity contribution in [3.63, 3.8) is 0 Å². The lowest BCUT2D eigenvalue weighted by Gasteiger charge is -2.16. The Morgan fingerprint density at radius 2 is 2.21 bits per heavy atom. The maximum atomic E-state index is 11.2. The topological polar surface area (TPSA) is 97.1 Å². The average Bonchev–Trinajstić information content (AvgIpc) is 2.43. The molecule has 1 aliphatic heterocycles. The fraction of sp³-hybridized carbons (Fsp3) is 0.286. The summed E-state index contributed by atoms with van der Waals surface area (Å²) in [6.07, 6.45) is 2.91. The smallest absolute Gasteiger partial charge is 0.345 e. The molecule has 0 spiro atoms.